The lowest BCUT2D eigenvalue weighted by Crippen LogP contribution is -1.91. The second-order valence-electron chi connectivity index (χ2n) is 6.22. The minimum absolute atomic E-state index is 0.172. The third kappa shape index (κ3) is 16.7. The minimum atomic E-state index is -0.172. The first-order valence-electron chi connectivity index (χ1n) is 9.03. The molecule has 0 aliphatic heterocycles. The Balaban J connectivity index is 0. The van der Waals surface area contributed by atoms with E-state index in [1.165, 1.54) is 29.7 Å². The van der Waals surface area contributed by atoms with E-state index in [2.05, 4.69) is 65.2 Å². The van der Waals surface area contributed by atoms with Gasteiger partial charge < -0.3 is 0 Å². The standard InChI is InChI=1S/C14H21F.C10H16/c1-6-14(9-7-8-13(5)15)10-12(4)11(2)3;1-5-9(3)7-8-10(4)6-2/h7-10,12H,2,6H2,1,3-5H3;6-8H,3,5H2,1-2,4H3/b9-7-,13-8-,14-10+;8-7-,10-6-. The first-order valence-corrected chi connectivity index (χ1v) is 9.03. The van der Waals surface area contributed by atoms with Crippen LogP contribution in [0.2, 0.25) is 0 Å². The summed E-state index contributed by atoms with van der Waals surface area (Å²) in [6.07, 6.45) is 15.6. The van der Waals surface area contributed by atoms with Gasteiger partial charge in [-0.3, -0.25) is 0 Å². The summed E-state index contributed by atoms with van der Waals surface area (Å²) in [6.45, 7) is 21.7. The maximum atomic E-state index is 12.4. The fourth-order valence-corrected chi connectivity index (χ4v) is 1.52. The molecule has 0 saturated heterocycles. The van der Waals surface area contributed by atoms with Crippen LogP contribution in [0.5, 0.6) is 0 Å². The third-order valence-electron chi connectivity index (χ3n) is 3.78. The van der Waals surface area contributed by atoms with Gasteiger partial charge in [0.2, 0.25) is 0 Å². The molecule has 0 aromatic carbocycles. The zero-order chi connectivity index (χ0) is 19.8. The van der Waals surface area contributed by atoms with Crippen molar-refractivity contribution in [1.82, 2.24) is 0 Å². The maximum absolute atomic E-state index is 12.4. The van der Waals surface area contributed by atoms with E-state index in [1.807, 2.05) is 19.9 Å². The summed E-state index contributed by atoms with van der Waals surface area (Å²) in [7, 11) is 0. The molecule has 1 atom stereocenters. The van der Waals surface area contributed by atoms with Gasteiger partial charge in [-0.25, -0.2) is 4.39 Å². The van der Waals surface area contributed by atoms with E-state index in [1.54, 1.807) is 6.08 Å². The van der Waals surface area contributed by atoms with Gasteiger partial charge in [-0.15, -0.1) is 0 Å². The van der Waals surface area contributed by atoms with E-state index in [0.717, 1.165) is 18.4 Å². The van der Waals surface area contributed by atoms with Crippen molar-refractivity contribution >= 4 is 0 Å². The summed E-state index contributed by atoms with van der Waals surface area (Å²) >= 11 is 0. The van der Waals surface area contributed by atoms with Crippen LogP contribution in [0.25, 0.3) is 0 Å². The van der Waals surface area contributed by atoms with Gasteiger partial charge in [0.15, 0.2) is 0 Å². The molecular weight excluding hydrogens is 307 g/mol. The molecule has 0 saturated carbocycles. The van der Waals surface area contributed by atoms with Crippen molar-refractivity contribution in [1.29, 1.82) is 0 Å². The van der Waals surface area contributed by atoms with Gasteiger partial charge in [0.1, 0.15) is 0 Å². The van der Waals surface area contributed by atoms with Gasteiger partial charge in [-0.05, 0) is 52.5 Å². The molecule has 1 heteroatoms. The lowest BCUT2D eigenvalue weighted by atomic mass is 10.00. The summed E-state index contributed by atoms with van der Waals surface area (Å²) < 4.78 is 12.4. The Labute approximate surface area is 155 Å². The smallest absolute Gasteiger partial charge is 0.0968 e. The van der Waals surface area contributed by atoms with Crippen LogP contribution in [0, 0.1) is 5.92 Å². The van der Waals surface area contributed by atoms with Crippen LogP contribution < -0.4 is 0 Å². The Hall–Kier alpha value is -1.89. The fraction of sp³-hybridized carbons (Fsp3) is 0.417. The van der Waals surface area contributed by atoms with Crippen LogP contribution in [-0.4, -0.2) is 0 Å². The van der Waals surface area contributed by atoms with Crippen LogP contribution in [0.3, 0.4) is 0 Å². The third-order valence-corrected chi connectivity index (χ3v) is 3.78. The molecule has 0 aliphatic rings. The lowest BCUT2D eigenvalue weighted by molar-refractivity contribution is 0.640. The molecule has 0 amide bonds. The van der Waals surface area contributed by atoms with Crippen LogP contribution in [-0.2, 0) is 0 Å². The van der Waals surface area contributed by atoms with E-state index in [0.29, 0.717) is 5.92 Å². The van der Waals surface area contributed by atoms with Gasteiger partial charge in [-0.1, -0.05) is 92.7 Å². The first kappa shape index (κ1) is 25.4. The van der Waals surface area contributed by atoms with E-state index in [4.69, 9.17) is 0 Å². The molecule has 0 heterocycles. The Morgan fingerprint density at radius 2 is 1.60 bits per heavy atom. The zero-order valence-corrected chi connectivity index (χ0v) is 17.3. The van der Waals surface area contributed by atoms with E-state index in [9.17, 15) is 4.39 Å². The Morgan fingerprint density at radius 3 is 2.00 bits per heavy atom. The van der Waals surface area contributed by atoms with Crippen molar-refractivity contribution in [2.45, 2.75) is 61.3 Å². The summed E-state index contributed by atoms with van der Waals surface area (Å²) in [5.74, 6) is 0.203. The summed E-state index contributed by atoms with van der Waals surface area (Å²) in [5.41, 5.74) is 4.82. The molecule has 0 aromatic heterocycles. The maximum Gasteiger partial charge on any atom is 0.0968 e. The first-order chi connectivity index (χ1) is 11.7. The Morgan fingerprint density at radius 1 is 1.00 bits per heavy atom. The fourth-order valence-electron chi connectivity index (χ4n) is 1.52. The van der Waals surface area contributed by atoms with E-state index >= 15 is 0 Å². The van der Waals surface area contributed by atoms with E-state index < -0.39 is 0 Å². The number of hydrogen-bond acceptors (Lipinski definition) is 0. The molecular formula is C24H37F. The van der Waals surface area contributed by atoms with Crippen molar-refractivity contribution in [3.05, 3.63) is 83.8 Å². The van der Waals surface area contributed by atoms with Gasteiger partial charge in [0.05, 0.1) is 5.83 Å². The predicted octanol–water partition coefficient (Wildman–Crippen LogP) is 8.44. The topological polar surface area (TPSA) is 0 Å². The SMILES string of the molecule is C=C(/C=C\C(C)=C/C)CC.C=C(C)C(C)/C=C(/C=C\C=C(\C)F)CC. The van der Waals surface area contributed by atoms with Crippen molar-refractivity contribution in [2.24, 2.45) is 5.92 Å². The molecule has 1 unspecified atom stereocenters. The Bertz CT molecular complexity index is 547. The van der Waals surface area contributed by atoms with Crippen LogP contribution in [0.15, 0.2) is 83.8 Å². The largest absolute Gasteiger partial charge is 0.212 e. The predicted molar refractivity (Wildman–Crippen MR) is 114 cm³/mol. The van der Waals surface area contributed by atoms with E-state index in [-0.39, 0.29) is 5.83 Å². The van der Waals surface area contributed by atoms with Crippen molar-refractivity contribution in [3.8, 4) is 0 Å². The summed E-state index contributed by atoms with van der Waals surface area (Å²) in [6, 6.07) is 0. The van der Waals surface area contributed by atoms with Crippen molar-refractivity contribution < 1.29 is 4.39 Å². The number of rotatable bonds is 8. The monoisotopic (exact) mass is 344 g/mol. The highest BCUT2D eigenvalue weighted by molar-refractivity contribution is 5.25. The van der Waals surface area contributed by atoms with Crippen LogP contribution >= 0.6 is 0 Å². The molecule has 0 radical (unpaired) electrons. The summed E-state index contributed by atoms with van der Waals surface area (Å²) in [5, 5.41) is 0. The molecule has 0 spiro atoms. The normalized spacial score (nSPS) is 14.5. The molecule has 140 valence electrons. The second-order valence-corrected chi connectivity index (χ2v) is 6.22. The van der Waals surface area contributed by atoms with Gasteiger partial charge in [0.25, 0.3) is 0 Å². The number of allylic oxidation sites excluding steroid dienone is 12. The van der Waals surface area contributed by atoms with Crippen molar-refractivity contribution in [3.63, 3.8) is 0 Å². The average molecular weight is 345 g/mol. The van der Waals surface area contributed by atoms with Crippen LogP contribution in [0.1, 0.15) is 61.3 Å². The summed E-state index contributed by atoms with van der Waals surface area (Å²) in [4.78, 5) is 0. The highest BCUT2D eigenvalue weighted by Crippen LogP contribution is 2.14. The molecule has 25 heavy (non-hydrogen) atoms. The Kier molecular flexibility index (Phi) is 15.8. The van der Waals surface area contributed by atoms with Gasteiger partial charge in [0, 0.05) is 0 Å². The molecule has 0 N–H and O–H groups in total. The molecule has 0 aromatic rings. The molecule has 0 aliphatic carbocycles. The number of halogens is 1. The highest BCUT2D eigenvalue weighted by Gasteiger charge is 1.98. The molecule has 0 rings (SSSR count). The second kappa shape index (κ2) is 15.6. The molecule has 0 fully saturated rings. The highest BCUT2D eigenvalue weighted by atomic mass is 19.1. The van der Waals surface area contributed by atoms with Crippen molar-refractivity contribution in [2.75, 3.05) is 0 Å². The molecule has 0 nitrogen and oxygen atoms in total. The number of hydrogen-bond donors (Lipinski definition) is 0. The lowest BCUT2D eigenvalue weighted by Gasteiger charge is -2.06. The molecule has 0 bridgehead atoms. The van der Waals surface area contributed by atoms with Gasteiger partial charge in [-0.2, -0.15) is 0 Å². The van der Waals surface area contributed by atoms with Crippen LogP contribution in [0.4, 0.5) is 4.39 Å². The quantitative estimate of drug-likeness (QED) is 0.306. The minimum Gasteiger partial charge on any atom is -0.212 e. The zero-order valence-electron chi connectivity index (χ0n) is 17.3. The average Bonchev–Trinajstić information content (AvgIpc) is 2.58. The van der Waals surface area contributed by atoms with Gasteiger partial charge >= 0.3 is 0 Å².